The Bertz CT molecular complexity index is 266. The Morgan fingerprint density at radius 1 is 1.28 bits per heavy atom. The van der Waals surface area contributed by atoms with E-state index < -0.39 is 12.1 Å². The first kappa shape index (κ1) is 16.7. The maximum Gasteiger partial charge on any atom is 0.410 e. The number of hydrogen-bond acceptors (Lipinski definition) is 3. The second-order valence-corrected chi connectivity index (χ2v) is 4.96. The highest BCUT2D eigenvalue weighted by Gasteiger charge is 2.23. The number of ether oxygens (including phenoxy) is 1. The van der Waals surface area contributed by atoms with Gasteiger partial charge in [-0.25, -0.2) is 4.79 Å². The van der Waals surface area contributed by atoms with Crippen LogP contribution < -0.4 is 0 Å². The first-order valence-electron chi connectivity index (χ1n) is 6.53. The van der Waals surface area contributed by atoms with Gasteiger partial charge < -0.3 is 14.7 Å². The van der Waals surface area contributed by atoms with E-state index in [0.29, 0.717) is 13.2 Å². The van der Waals surface area contributed by atoms with Crippen LogP contribution >= 0.6 is 0 Å². The van der Waals surface area contributed by atoms with E-state index in [1.807, 2.05) is 20.8 Å². The van der Waals surface area contributed by atoms with E-state index in [4.69, 9.17) is 9.84 Å². The van der Waals surface area contributed by atoms with Crippen LogP contribution in [0.3, 0.4) is 0 Å². The van der Waals surface area contributed by atoms with Crippen molar-refractivity contribution in [3.8, 4) is 0 Å². The third-order valence-corrected chi connectivity index (χ3v) is 2.53. The molecular weight excluding hydrogens is 234 g/mol. The summed E-state index contributed by atoms with van der Waals surface area (Å²) in [6, 6.07) is -0.339. The molecule has 1 amide bonds. The fourth-order valence-corrected chi connectivity index (χ4v) is 1.50. The Morgan fingerprint density at radius 2 is 1.89 bits per heavy atom. The van der Waals surface area contributed by atoms with Crippen molar-refractivity contribution in [2.75, 3.05) is 13.2 Å². The van der Waals surface area contributed by atoms with Gasteiger partial charge in [-0.05, 0) is 19.3 Å². The summed E-state index contributed by atoms with van der Waals surface area (Å²) < 4.78 is 5.16. The molecule has 5 heteroatoms. The fraction of sp³-hybridized carbons (Fsp3) is 0.846. The topological polar surface area (TPSA) is 66.8 Å². The number of unbranched alkanes of at least 4 members (excludes halogenated alkanes) is 1. The summed E-state index contributed by atoms with van der Waals surface area (Å²) in [7, 11) is 0. The molecule has 0 saturated heterocycles. The fourth-order valence-electron chi connectivity index (χ4n) is 1.50. The standard InChI is InChI=1S/C13H25NO4/c1-5-6-7-14(11(4)8-12(15)16)13(17)18-9-10(2)3/h10-11H,5-9H2,1-4H3,(H,15,16). The maximum absolute atomic E-state index is 11.9. The van der Waals surface area contributed by atoms with Crippen LogP contribution in [0.2, 0.25) is 0 Å². The van der Waals surface area contributed by atoms with E-state index >= 15 is 0 Å². The second-order valence-electron chi connectivity index (χ2n) is 4.96. The van der Waals surface area contributed by atoms with Crippen LogP contribution in [0, 0.1) is 5.92 Å². The van der Waals surface area contributed by atoms with Crippen LogP contribution in [0.25, 0.3) is 0 Å². The van der Waals surface area contributed by atoms with Gasteiger partial charge in [0.2, 0.25) is 0 Å². The summed E-state index contributed by atoms with van der Waals surface area (Å²) in [4.78, 5) is 24.1. The Labute approximate surface area is 109 Å². The molecule has 0 aromatic rings. The van der Waals surface area contributed by atoms with E-state index in [2.05, 4.69) is 0 Å². The number of carboxylic acid groups (broad SMARTS) is 1. The Hall–Kier alpha value is -1.26. The number of hydrogen-bond donors (Lipinski definition) is 1. The second kappa shape index (κ2) is 8.78. The van der Waals surface area contributed by atoms with Gasteiger partial charge in [0.05, 0.1) is 13.0 Å². The lowest BCUT2D eigenvalue weighted by Crippen LogP contribution is -2.41. The molecule has 0 aliphatic carbocycles. The molecule has 18 heavy (non-hydrogen) atoms. The molecule has 0 aliphatic heterocycles. The highest BCUT2D eigenvalue weighted by Crippen LogP contribution is 2.09. The lowest BCUT2D eigenvalue weighted by molar-refractivity contribution is -0.138. The number of carboxylic acids is 1. The monoisotopic (exact) mass is 259 g/mol. The van der Waals surface area contributed by atoms with Crippen LogP contribution in [0.5, 0.6) is 0 Å². The molecule has 0 fully saturated rings. The van der Waals surface area contributed by atoms with Crippen molar-refractivity contribution >= 4 is 12.1 Å². The first-order valence-corrected chi connectivity index (χ1v) is 6.53. The molecular formula is C13H25NO4. The molecule has 0 radical (unpaired) electrons. The lowest BCUT2D eigenvalue weighted by Gasteiger charge is -2.27. The molecule has 1 atom stereocenters. The lowest BCUT2D eigenvalue weighted by atomic mass is 10.2. The molecule has 0 heterocycles. The zero-order chi connectivity index (χ0) is 14.1. The predicted molar refractivity (Wildman–Crippen MR) is 69.5 cm³/mol. The average molecular weight is 259 g/mol. The summed E-state index contributed by atoms with van der Waals surface area (Å²) in [5.41, 5.74) is 0. The number of carbonyl (C=O) groups is 2. The highest BCUT2D eigenvalue weighted by atomic mass is 16.6. The number of amides is 1. The zero-order valence-electron chi connectivity index (χ0n) is 11.8. The molecule has 0 aromatic heterocycles. The Morgan fingerprint density at radius 3 is 2.33 bits per heavy atom. The number of carbonyl (C=O) groups excluding carboxylic acids is 1. The van der Waals surface area contributed by atoms with Gasteiger partial charge >= 0.3 is 12.1 Å². The third-order valence-electron chi connectivity index (χ3n) is 2.53. The average Bonchev–Trinajstić information content (AvgIpc) is 2.25. The van der Waals surface area contributed by atoms with Crippen molar-refractivity contribution in [3.63, 3.8) is 0 Å². The number of nitrogens with zero attached hydrogens (tertiary/aromatic N) is 1. The van der Waals surface area contributed by atoms with E-state index in [-0.39, 0.29) is 18.4 Å². The van der Waals surface area contributed by atoms with Crippen molar-refractivity contribution in [2.45, 2.75) is 53.0 Å². The molecule has 0 rings (SSSR count). The highest BCUT2D eigenvalue weighted by molar-refractivity contribution is 5.71. The van der Waals surface area contributed by atoms with Crippen LogP contribution in [-0.4, -0.2) is 41.3 Å². The minimum Gasteiger partial charge on any atom is -0.481 e. The molecule has 0 aliphatic rings. The van der Waals surface area contributed by atoms with Crippen molar-refractivity contribution in [1.82, 2.24) is 4.90 Å². The van der Waals surface area contributed by atoms with Gasteiger partial charge in [0.15, 0.2) is 0 Å². The summed E-state index contributed by atoms with van der Waals surface area (Å²) in [5, 5.41) is 8.78. The van der Waals surface area contributed by atoms with Crippen LogP contribution in [0.15, 0.2) is 0 Å². The quantitative estimate of drug-likeness (QED) is 0.727. The van der Waals surface area contributed by atoms with Gasteiger partial charge in [-0.2, -0.15) is 0 Å². The van der Waals surface area contributed by atoms with Gasteiger partial charge in [-0.3, -0.25) is 4.79 Å². The van der Waals surface area contributed by atoms with Gasteiger partial charge in [0.25, 0.3) is 0 Å². The molecule has 1 N–H and O–H groups in total. The normalized spacial score (nSPS) is 12.3. The van der Waals surface area contributed by atoms with E-state index in [1.165, 1.54) is 4.90 Å². The Kier molecular flexibility index (Phi) is 8.16. The van der Waals surface area contributed by atoms with Gasteiger partial charge in [0.1, 0.15) is 0 Å². The van der Waals surface area contributed by atoms with Crippen molar-refractivity contribution < 1.29 is 19.4 Å². The minimum absolute atomic E-state index is 0.0551. The number of rotatable bonds is 8. The predicted octanol–water partition coefficient (Wildman–Crippen LogP) is 2.74. The molecule has 5 nitrogen and oxygen atoms in total. The maximum atomic E-state index is 11.9. The van der Waals surface area contributed by atoms with Gasteiger partial charge in [0, 0.05) is 12.6 Å². The summed E-state index contributed by atoms with van der Waals surface area (Å²) in [5.74, 6) is -0.627. The largest absolute Gasteiger partial charge is 0.481 e. The third kappa shape index (κ3) is 7.14. The molecule has 1 unspecified atom stereocenters. The zero-order valence-corrected chi connectivity index (χ0v) is 11.8. The van der Waals surface area contributed by atoms with E-state index in [9.17, 15) is 9.59 Å². The SMILES string of the molecule is CCCCN(C(=O)OCC(C)C)C(C)CC(=O)O. The number of aliphatic carboxylic acids is 1. The molecule has 106 valence electrons. The van der Waals surface area contributed by atoms with Crippen molar-refractivity contribution in [2.24, 2.45) is 5.92 Å². The first-order chi connectivity index (χ1) is 8.38. The molecule has 0 spiro atoms. The summed E-state index contributed by atoms with van der Waals surface area (Å²) >= 11 is 0. The van der Waals surface area contributed by atoms with E-state index in [1.54, 1.807) is 6.92 Å². The minimum atomic E-state index is -0.902. The molecule has 0 saturated carbocycles. The summed E-state index contributed by atoms with van der Waals surface area (Å²) in [6.07, 6.45) is 1.33. The van der Waals surface area contributed by atoms with Crippen molar-refractivity contribution in [3.05, 3.63) is 0 Å². The van der Waals surface area contributed by atoms with Gasteiger partial charge in [-0.1, -0.05) is 27.2 Å². The van der Waals surface area contributed by atoms with Gasteiger partial charge in [-0.15, -0.1) is 0 Å². The van der Waals surface area contributed by atoms with Crippen molar-refractivity contribution in [1.29, 1.82) is 0 Å². The van der Waals surface area contributed by atoms with E-state index in [0.717, 1.165) is 12.8 Å². The summed E-state index contributed by atoms with van der Waals surface area (Å²) in [6.45, 7) is 8.59. The van der Waals surface area contributed by atoms with Crippen LogP contribution in [0.1, 0.15) is 47.0 Å². The smallest absolute Gasteiger partial charge is 0.410 e. The Balaban J connectivity index is 4.44. The van der Waals surface area contributed by atoms with Crippen LogP contribution in [0.4, 0.5) is 4.79 Å². The van der Waals surface area contributed by atoms with Crippen LogP contribution in [-0.2, 0) is 9.53 Å². The molecule has 0 bridgehead atoms. The molecule has 0 aromatic carbocycles.